The fraction of sp³-hybridized carbons (Fsp3) is 0.400. The van der Waals surface area contributed by atoms with Crippen LogP contribution in [-0.4, -0.2) is 20.1 Å². The van der Waals surface area contributed by atoms with Crippen molar-refractivity contribution in [1.29, 1.82) is 0 Å². The van der Waals surface area contributed by atoms with Crippen LogP contribution in [0, 0.1) is 12.7 Å². The molecule has 1 aromatic rings. The van der Waals surface area contributed by atoms with Crippen LogP contribution in [-0.2, 0) is 10.0 Å². The van der Waals surface area contributed by atoms with Crippen LogP contribution in [0.5, 0.6) is 0 Å². The lowest BCUT2D eigenvalue weighted by molar-refractivity contribution is 0.599. The lowest BCUT2D eigenvalue weighted by Crippen LogP contribution is -2.17. The van der Waals surface area contributed by atoms with Crippen molar-refractivity contribution in [2.24, 2.45) is 0 Å². The third-order valence-corrected chi connectivity index (χ3v) is 3.64. The molecule has 0 aromatic heterocycles. The Morgan fingerprint density at radius 2 is 2.12 bits per heavy atom. The molecule has 16 heavy (non-hydrogen) atoms. The van der Waals surface area contributed by atoms with Gasteiger partial charge in [0.15, 0.2) is 0 Å². The second kappa shape index (κ2) is 5.50. The highest BCUT2D eigenvalue weighted by atomic mass is 35.5. The Kier molecular flexibility index (Phi) is 4.56. The lowest BCUT2D eigenvalue weighted by atomic mass is 10.2. The standard InChI is InChI=1S/C10H13ClFNO2S/c1-8-3-4-9(12)7-10(8)13-16(14,15)6-2-5-11/h3-4,7,13H,2,5-6H2,1H3. The topological polar surface area (TPSA) is 46.2 Å². The van der Waals surface area contributed by atoms with E-state index in [-0.39, 0.29) is 17.3 Å². The molecule has 0 saturated carbocycles. The van der Waals surface area contributed by atoms with Gasteiger partial charge in [-0.15, -0.1) is 11.6 Å². The molecule has 0 bridgehead atoms. The fourth-order valence-electron chi connectivity index (χ4n) is 1.17. The number of hydrogen-bond donors (Lipinski definition) is 1. The monoisotopic (exact) mass is 265 g/mol. The van der Waals surface area contributed by atoms with E-state index in [9.17, 15) is 12.8 Å². The number of alkyl halides is 1. The summed E-state index contributed by atoms with van der Waals surface area (Å²) in [5.74, 6) is -0.254. The van der Waals surface area contributed by atoms with Crippen LogP contribution in [0.4, 0.5) is 10.1 Å². The minimum absolute atomic E-state index is 0.0630. The molecule has 0 radical (unpaired) electrons. The maximum Gasteiger partial charge on any atom is 0.232 e. The van der Waals surface area contributed by atoms with Gasteiger partial charge in [0.25, 0.3) is 0 Å². The van der Waals surface area contributed by atoms with Gasteiger partial charge < -0.3 is 0 Å². The van der Waals surface area contributed by atoms with Crippen molar-refractivity contribution >= 4 is 27.3 Å². The van der Waals surface area contributed by atoms with Crippen molar-refractivity contribution in [1.82, 2.24) is 0 Å². The fourth-order valence-corrected chi connectivity index (χ4v) is 2.64. The first-order valence-corrected chi connectivity index (χ1v) is 6.96. The number of hydrogen-bond acceptors (Lipinski definition) is 2. The minimum Gasteiger partial charge on any atom is -0.283 e. The van der Waals surface area contributed by atoms with Gasteiger partial charge in [-0.05, 0) is 31.0 Å². The molecule has 3 nitrogen and oxygen atoms in total. The lowest BCUT2D eigenvalue weighted by Gasteiger charge is -2.09. The van der Waals surface area contributed by atoms with E-state index in [4.69, 9.17) is 11.6 Å². The number of benzene rings is 1. The summed E-state index contributed by atoms with van der Waals surface area (Å²) in [4.78, 5) is 0. The molecule has 1 aromatic carbocycles. The number of sulfonamides is 1. The zero-order valence-electron chi connectivity index (χ0n) is 8.83. The van der Waals surface area contributed by atoms with Gasteiger partial charge in [0.1, 0.15) is 5.82 Å². The molecular formula is C10H13ClFNO2S. The van der Waals surface area contributed by atoms with Crippen molar-refractivity contribution in [3.05, 3.63) is 29.6 Å². The van der Waals surface area contributed by atoms with Gasteiger partial charge in [-0.1, -0.05) is 6.07 Å². The van der Waals surface area contributed by atoms with E-state index in [2.05, 4.69) is 4.72 Å². The van der Waals surface area contributed by atoms with Gasteiger partial charge in [0, 0.05) is 5.88 Å². The summed E-state index contributed by atoms with van der Waals surface area (Å²) in [6, 6.07) is 3.97. The molecule has 6 heteroatoms. The molecule has 1 N–H and O–H groups in total. The van der Waals surface area contributed by atoms with E-state index in [1.807, 2.05) is 0 Å². The molecule has 0 aliphatic heterocycles. The maximum absolute atomic E-state index is 12.9. The number of rotatable bonds is 5. The van der Waals surface area contributed by atoms with Gasteiger partial charge in [-0.3, -0.25) is 4.72 Å². The van der Waals surface area contributed by atoms with Crippen LogP contribution in [0.15, 0.2) is 18.2 Å². The smallest absolute Gasteiger partial charge is 0.232 e. The summed E-state index contributed by atoms with van der Waals surface area (Å²) in [6.07, 6.45) is 0.366. The van der Waals surface area contributed by atoms with Crippen molar-refractivity contribution in [3.63, 3.8) is 0 Å². The van der Waals surface area contributed by atoms with E-state index in [1.165, 1.54) is 12.1 Å². The SMILES string of the molecule is Cc1ccc(F)cc1NS(=O)(=O)CCCCl. The van der Waals surface area contributed by atoms with Crippen molar-refractivity contribution in [2.45, 2.75) is 13.3 Å². The normalized spacial score (nSPS) is 11.4. The van der Waals surface area contributed by atoms with E-state index in [0.717, 1.165) is 6.07 Å². The second-order valence-electron chi connectivity index (χ2n) is 3.42. The van der Waals surface area contributed by atoms with Crippen molar-refractivity contribution in [2.75, 3.05) is 16.4 Å². The molecule has 90 valence electrons. The summed E-state index contributed by atoms with van der Waals surface area (Å²) in [5, 5.41) is 0. The average molecular weight is 266 g/mol. The summed E-state index contributed by atoms with van der Waals surface area (Å²) < 4.78 is 38.3. The molecule has 0 spiro atoms. The Bertz CT molecular complexity index is 462. The zero-order valence-corrected chi connectivity index (χ0v) is 10.4. The molecule has 1 rings (SSSR count). The highest BCUT2D eigenvalue weighted by molar-refractivity contribution is 7.92. The van der Waals surface area contributed by atoms with Gasteiger partial charge in [0.2, 0.25) is 10.0 Å². The van der Waals surface area contributed by atoms with Crippen LogP contribution in [0.1, 0.15) is 12.0 Å². The summed E-state index contributed by atoms with van der Waals surface area (Å²) >= 11 is 5.41. The predicted octanol–water partition coefficient (Wildman–Crippen LogP) is 2.50. The summed E-state index contributed by atoms with van der Waals surface area (Å²) in [6.45, 7) is 1.71. The summed E-state index contributed by atoms with van der Waals surface area (Å²) in [5.41, 5.74) is 0.949. The molecule has 0 atom stereocenters. The van der Waals surface area contributed by atoms with Crippen molar-refractivity contribution < 1.29 is 12.8 Å². The Balaban J connectivity index is 2.83. The quantitative estimate of drug-likeness (QED) is 0.832. The summed E-state index contributed by atoms with van der Waals surface area (Å²) in [7, 11) is -3.44. The minimum atomic E-state index is -3.44. The van der Waals surface area contributed by atoms with E-state index >= 15 is 0 Å². The zero-order chi connectivity index (χ0) is 12.2. The maximum atomic E-state index is 12.9. The average Bonchev–Trinajstić information content (AvgIpc) is 2.20. The first-order valence-electron chi connectivity index (χ1n) is 4.77. The molecule has 0 saturated heterocycles. The molecular weight excluding hydrogens is 253 g/mol. The van der Waals surface area contributed by atoms with Crippen molar-refractivity contribution in [3.8, 4) is 0 Å². The van der Waals surface area contributed by atoms with Crippen LogP contribution >= 0.6 is 11.6 Å². The van der Waals surface area contributed by atoms with Crippen LogP contribution < -0.4 is 4.72 Å². The number of anilines is 1. The molecule has 0 heterocycles. The van der Waals surface area contributed by atoms with Crippen LogP contribution in [0.25, 0.3) is 0 Å². The number of aryl methyl sites for hydroxylation is 1. The first-order chi connectivity index (χ1) is 7.44. The van der Waals surface area contributed by atoms with E-state index < -0.39 is 15.8 Å². The Morgan fingerprint density at radius 3 is 2.75 bits per heavy atom. The van der Waals surface area contributed by atoms with Gasteiger partial charge >= 0.3 is 0 Å². The predicted molar refractivity (Wildman–Crippen MR) is 63.9 cm³/mol. The third kappa shape index (κ3) is 3.98. The van der Waals surface area contributed by atoms with Crippen LogP contribution in [0.2, 0.25) is 0 Å². The van der Waals surface area contributed by atoms with E-state index in [1.54, 1.807) is 6.92 Å². The Labute approximate surface area is 99.7 Å². The van der Waals surface area contributed by atoms with E-state index in [0.29, 0.717) is 12.0 Å². The molecule has 0 fully saturated rings. The number of halogens is 2. The second-order valence-corrected chi connectivity index (χ2v) is 5.64. The molecule has 0 aliphatic carbocycles. The first kappa shape index (κ1) is 13.3. The largest absolute Gasteiger partial charge is 0.283 e. The molecule has 0 unspecified atom stereocenters. The molecule has 0 aliphatic rings. The number of nitrogens with one attached hydrogen (secondary N) is 1. The Hall–Kier alpha value is -0.810. The Morgan fingerprint density at radius 1 is 1.44 bits per heavy atom. The van der Waals surface area contributed by atoms with Gasteiger partial charge in [0.05, 0.1) is 11.4 Å². The highest BCUT2D eigenvalue weighted by Gasteiger charge is 2.11. The van der Waals surface area contributed by atoms with Gasteiger partial charge in [-0.25, -0.2) is 12.8 Å². The third-order valence-electron chi connectivity index (χ3n) is 2.01. The highest BCUT2D eigenvalue weighted by Crippen LogP contribution is 2.17. The molecule has 0 amide bonds. The van der Waals surface area contributed by atoms with Crippen LogP contribution in [0.3, 0.4) is 0 Å². The van der Waals surface area contributed by atoms with Gasteiger partial charge in [-0.2, -0.15) is 0 Å².